The van der Waals surface area contributed by atoms with Gasteiger partial charge in [-0.05, 0) is 50.4 Å². The molecule has 0 unspecified atom stereocenters. The smallest absolute Gasteiger partial charge is 0.0921 e. The highest BCUT2D eigenvalue weighted by Crippen LogP contribution is 2.42. The number of imidazole rings is 1. The fraction of sp³-hybridized carbons (Fsp3) is 0.615. The maximum absolute atomic E-state index is 4.08. The van der Waals surface area contributed by atoms with Crippen LogP contribution in [0, 0.1) is 11.8 Å². The Morgan fingerprint density at radius 3 is 3.00 bits per heavy atom. The van der Waals surface area contributed by atoms with Crippen molar-refractivity contribution in [1.82, 2.24) is 9.97 Å². The molecule has 0 bridgehead atoms. The standard InChI is InChI=1S/C13H18N2/c1-2-10(7-13-8-14-9-15-13)6-12(3-1)11-4-5-11/h6,8-11H,1-5,7H2,(H,14,15)/t10-/m1/s1. The molecule has 3 rings (SSSR count). The van der Waals surface area contributed by atoms with Crippen molar-refractivity contribution < 1.29 is 0 Å². The summed E-state index contributed by atoms with van der Waals surface area (Å²) < 4.78 is 0. The number of hydrogen-bond donors (Lipinski definition) is 1. The average molecular weight is 202 g/mol. The molecule has 80 valence electrons. The summed E-state index contributed by atoms with van der Waals surface area (Å²) in [7, 11) is 0. The predicted octanol–water partition coefficient (Wildman–Crippen LogP) is 3.09. The van der Waals surface area contributed by atoms with Crippen LogP contribution < -0.4 is 0 Å². The summed E-state index contributed by atoms with van der Waals surface area (Å²) in [6.07, 6.45) is 14.5. The molecule has 2 nitrogen and oxygen atoms in total. The fourth-order valence-electron chi connectivity index (χ4n) is 2.67. The average Bonchev–Trinajstić information content (AvgIpc) is 3.00. The molecule has 1 fully saturated rings. The second kappa shape index (κ2) is 3.84. The number of nitrogens with one attached hydrogen (secondary N) is 1. The van der Waals surface area contributed by atoms with Gasteiger partial charge in [-0.2, -0.15) is 0 Å². The van der Waals surface area contributed by atoms with Gasteiger partial charge in [0.15, 0.2) is 0 Å². The van der Waals surface area contributed by atoms with Gasteiger partial charge in [-0.3, -0.25) is 0 Å². The van der Waals surface area contributed by atoms with Crippen LogP contribution in [0.4, 0.5) is 0 Å². The van der Waals surface area contributed by atoms with Crippen LogP contribution in [0.3, 0.4) is 0 Å². The Hall–Kier alpha value is -1.05. The zero-order chi connectivity index (χ0) is 10.1. The minimum absolute atomic E-state index is 0.759. The van der Waals surface area contributed by atoms with E-state index in [0.717, 1.165) is 18.3 Å². The van der Waals surface area contributed by atoms with Crippen molar-refractivity contribution in [1.29, 1.82) is 0 Å². The molecule has 0 aromatic carbocycles. The summed E-state index contributed by atoms with van der Waals surface area (Å²) in [5.41, 5.74) is 3.04. The first-order valence-corrected chi connectivity index (χ1v) is 6.09. The van der Waals surface area contributed by atoms with E-state index < -0.39 is 0 Å². The van der Waals surface area contributed by atoms with Gasteiger partial charge in [-0.25, -0.2) is 4.98 Å². The van der Waals surface area contributed by atoms with Gasteiger partial charge in [0.2, 0.25) is 0 Å². The van der Waals surface area contributed by atoms with E-state index in [1.54, 1.807) is 11.9 Å². The molecular weight excluding hydrogens is 184 g/mol. The van der Waals surface area contributed by atoms with Gasteiger partial charge in [0.1, 0.15) is 0 Å². The second-order valence-electron chi connectivity index (χ2n) is 4.95. The maximum atomic E-state index is 4.08. The number of hydrogen-bond acceptors (Lipinski definition) is 1. The Morgan fingerprint density at radius 2 is 2.27 bits per heavy atom. The van der Waals surface area contributed by atoms with E-state index in [9.17, 15) is 0 Å². The van der Waals surface area contributed by atoms with E-state index in [1.807, 2.05) is 6.20 Å². The van der Waals surface area contributed by atoms with Gasteiger partial charge < -0.3 is 4.98 Å². The molecule has 1 aromatic heterocycles. The summed E-state index contributed by atoms with van der Waals surface area (Å²) in [4.78, 5) is 7.28. The van der Waals surface area contributed by atoms with E-state index in [0.29, 0.717) is 0 Å². The zero-order valence-corrected chi connectivity index (χ0v) is 9.08. The predicted molar refractivity (Wildman–Crippen MR) is 60.4 cm³/mol. The van der Waals surface area contributed by atoms with Gasteiger partial charge in [0.25, 0.3) is 0 Å². The van der Waals surface area contributed by atoms with Crippen molar-refractivity contribution in [3.8, 4) is 0 Å². The Kier molecular flexibility index (Phi) is 2.35. The van der Waals surface area contributed by atoms with E-state index in [-0.39, 0.29) is 0 Å². The largest absolute Gasteiger partial charge is 0.348 e. The van der Waals surface area contributed by atoms with E-state index >= 15 is 0 Å². The lowest BCUT2D eigenvalue weighted by Gasteiger charge is -2.20. The number of allylic oxidation sites excluding steroid dienone is 2. The molecule has 2 heteroatoms. The third-order valence-corrected chi connectivity index (χ3v) is 3.63. The van der Waals surface area contributed by atoms with Gasteiger partial charge in [0.05, 0.1) is 6.33 Å². The minimum atomic E-state index is 0.759. The van der Waals surface area contributed by atoms with Crippen molar-refractivity contribution in [2.75, 3.05) is 0 Å². The van der Waals surface area contributed by atoms with Crippen LogP contribution in [0.5, 0.6) is 0 Å². The van der Waals surface area contributed by atoms with E-state index in [1.165, 1.54) is 37.8 Å². The highest BCUT2D eigenvalue weighted by atomic mass is 14.9. The molecule has 0 saturated heterocycles. The minimum Gasteiger partial charge on any atom is -0.348 e. The normalized spacial score (nSPS) is 26.4. The first-order chi connectivity index (χ1) is 7.42. The molecule has 1 saturated carbocycles. The Labute approximate surface area is 90.8 Å². The van der Waals surface area contributed by atoms with Gasteiger partial charge in [-0.15, -0.1) is 0 Å². The van der Waals surface area contributed by atoms with Crippen molar-refractivity contribution in [2.45, 2.75) is 38.5 Å². The molecule has 0 aliphatic heterocycles. The Morgan fingerprint density at radius 1 is 1.33 bits per heavy atom. The van der Waals surface area contributed by atoms with E-state index in [4.69, 9.17) is 0 Å². The van der Waals surface area contributed by atoms with Crippen LogP contribution >= 0.6 is 0 Å². The topological polar surface area (TPSA) is 28.7 Å². The SMILES string of the molecule is C1=C(C2CC2)CCC[C@H]1Cc1cnc[nH]1. The van der Waals surface area contributed by atoms with Crippen LogP contribution in [0.25, 0.3) is 0 Å². The van der Waals surface area contributed by atoms with E-state index in [2.05, 4.69) is 16.0 Å². The van der Waals surface area contributed by atoms with Crippen LogP contribution in [-0.4, -0.2) is 9.97 Å². The van der Waals surface area contributed by atoms with Crippen molar-refractivity contribution in [3.05, 3.63) is 29.9 Å². The molecule has 0 spiro atoms. The number of aromatic amines is 1. The molecule has 15 heavy (non-hydrogen) atoms. The molecule has 1 N–H and O–H groups in total. The number of H-pyrrole nitrogens is 1. The first kappa shape index (κ1) is 9.20. The molecule has 0 amide bonds. The summed E-state index contributed by atoms with van der Waals surface area (Å²) >= 11 is 0. The molecule has 1 aromatic rings. The number of aromatic nitrogens is 2. The van der Waals surface area contributed by atoms with Crippen molar-refractivity contribution >= 4 is 0 Å². The van der Waals surface area contributed by atoms with Gasteiger partial charge >= 0.3 is 0 Å². The Balaban J connectivity index is 1.68. The summed E-state index contributed by atoms with van der Waals surface area (Å²) in [5, 5.41) is 0. The molecule has 0 radical (unpaired) electrons. The monoisotopic (exact) mass is 202 g/mol. The van der Waals surface area contributed by atoms with Crippen molar-refractivity contribution in [2.24, 2.45) is 11.8 Å². The maximum Gasteiger partial charge on any atom is 0.0921 e. The van der Waals surface area contributed by atoms with Gasteiger partial charge in [-0.1, -0.05) is 11.6 Å². The summed E-state index contributed by atoms with van der Waals surface area (Å²) in [6.45, 7) is 0. The van der Waals surface area contributed by atoms with Gasteiger partial charge in [0, 0.05) is 11.9 Å². The van der Waals surface area contributed by atoms with Crippen LogP contribution in [0.2, 0.25) is 0 Å². The Bertz CT molecular complexity index is 347. The second-order valence-corrected chi connectivity index (χ2v) is 4.95. The summed E-state index contributed by atoms with van der Waals surface area (Å²) in [6, 6.07) is 0. The third-order valence-electron chi connectivity index (χ3n) is 3.63. The molecule has 1 heterocycles. The lowest BCUT2D eigenvalue weighted by molar-refractivity contribution is 0.511. The zero-order valence-electron chi connectivity index (χ0n) is 9.08. The third kappa shape index (κ3) is 2.14. The highest BCUT2D eigenvalue weighted by Gasteiger charge is 2.28. The molecule has 2 aliphatic rings. The van der Waals surface area contributed by atoms with Crippen molar-refractivity contribution in [3.63, 3.8) is 0 Å². The van der Waals surface area contributed by atoms with Crippen LogP contribution in [0.15, 0.2) is 24.2 Å². The number of rotatable bonds is 3. The number of nitrogens with zero attached hydrogens (tertiary/aromatic N) is 1. The summed E-state index contributed by atoms with van der Waals surface area (Å²) in [5.74, 6) is 1.73. The lowest BCUT2D eigenvalue weighted by Crippen LogP contribution is -2.08. The lowest BCUT2D eigenvalue weighted by atomic mass is 9.86. The fourth-order valence-corrected chi connectivity index (χ4v) is 2.67. The highest BCUT2D eigenvalue weighted by molar-refractivity contribution is 5.17. The van der Waals surface area contributed by atoms with Crippen LogP contribution in [-0.2, 0) is 6.42 Å². The quantitative estimate of drug-likeness (QED) is 0.750. The molecule has 1 atom stereocenters. The molecule has 2 aliphatic carbocycles. The first-order valence-electron chi connectivity index (χ1n) is 6.09. The van der Waals surface area contributed by atoms with Crippen LogP contribution in [0.1, 0.15) is 37.8 Å². The molecular formula is C13H18N2.